The number of hydrogen-bond donors (Lipinski definition) is 3. The van der Waals surface area contributed by atoms with Gasteiger partial charge in [0, 0.05) is 35.5 Å². The molecule has 126 valence electrons. The molecule has 1 unspecified atom stereocenters. The summed E-state index contributed by atoms with van der Waals surface area (Å²) < 4.78 is 0. The Balaban J connectivity index is 2.00. The Bertz CT molecular complexity index is 711. The van der Waals surface area contributed by atoms with Gasteiger partial charge in [0.05, 0.1) is 6.42 Å². The third kappa shape index (κ3) is 4.92. The molecule has 0 aliphatic carbocycles. The first kappa shape index (κ1) is 17.7. The first-order valence-corrected chi connectivity index (χ1v) is 8.24. The van der Waals surface area contributed by atoms with Crippen molar-refractivity contribution in [3.63, 3.8) is 0 Å². The molecule has 2 rings (SSSR count). The van der Waals surface area contributed by atoms with Gasteiger partial charge in [-0.25, -0.2) is 0 Å². The predicted octanol–water partition coefficient (Wildman–Crippen LogP) is 2.69. The Hall–Kier alpha value is -2.67. The van der Waals surface area contributed by atoms with Gasteiger partial charge in [0.15, 0.2) is 0 Å². The maximum absolute atomic E-state index is 12.2. The van der Waals surface area contributed by atoms with Gasteiger partial charge in [0.25, 0.3) is 5.91 Å². The van der Waals surface area contributed by atoms with E-state index < -0.39 is 5.97 Å². The third-order valence-electron chi connectivity index (χ3n) is 3.46. The zero-order valence-electron chi connectivity index (χ0n) is 13.1. The molecule has 1 atom stereocenters. The van der Waals surface area contributed by atoms with Gasteiger partial charge in [-0.1, -0.05) is 6.07 Å². The number of benzene rings is 1. The molecule has 0 bridgehead atoms. The number of carboxylic acids is 1. The molecule has 1 aromatic carbocycles. The highest BCUT2D eigenvalue weighted by Crippen LogP contribution is 2.28. The van der Waals surface area contributed by atoms with E-state index in [1.807, 2.05) is 17.5 Å². The van der Waals surface area contributed by atoms with E-state index in [4.69, 9.17) is 5.11 Å². The van der Waals surface area contributed by atoms with Crippen molar-refractivity contribution in [3.8, 4) is 0 Å². The number of rotatable bonds is 7. The van der Waals surface area contributed by atoms with Crippen molar-refractivity contribution in [2.24, 2.45) is 0 Å². The third-order valence-corrected chi connectivity index (χ3v) is 4.49. The summed E-state index contributed by atoms with van der Waals surface area (Å²) in [5, 5.41) is 16.1. The number of nitrogens with one attached hydrogen (secondary N) is 2. The summed E-state index contributed by atoms with van der Waals surface area (Å²) in [5.41, 5.74) is 1.06. The lowest BCUT2D eigenvalue weighted by Crippen LogP contribution is -2.18. The summed E-state index contributed by atoms with van der Waals surface area (Å²) in [7, 11) is 1.55. The smallest absolute Gasteiger partial charge is 0.304 e. The summed E-state index contributed by atoms with van der Waals surface area (Å²) in [4.78, 5) is 35.6. The number of amides is 2. The first-order chi connectivity index (χ1) is 11.5. The van der Waals surface area contributed by atoms with Gasteiger partial charge in [-0.2, -0.15) is 0 Å². The van der Waals surface area contributed by atoms with Gasteiger partial charge in [-0.05, 0) is 35.7 Å². The van der Waals surface area contributed by atoms with Crippen molar-refractivity contribution >= 4 is 34.8 Å². The summed E-state index contributed by atoms with van der Waals surface area (Å²) >= 11 is 1.44. The van der Waals surface area contributed by atoms with E-state index in [1.165, 1.54) is 11.3 Å². The van der Waals surface area contributed by atoms with E-state index in [9.17, 15) is 14.4 Å². The summed E-state index contributed by atoms with van der Waals surface area (Å²) in [6, 6.07) is 10.2. The van der Waals surface area contributed by atoms with Crippen LogP contribution >= 0.6 is 11.3 Å². The van der Waals surface area contributed by atoms with Gasteiger partial charge in [-0.15, -0.1) is 11.3 Å². The molecule has 2 amide bonds. The highest BCUT2D eigenvalue weighted by molar-refractivity contribution is 7.10. The van der Waals surface area contributed by atoms with Gasteiger partial charge in [0.2, 0.25) is 5.91 Å². The Morgan fingerprint density at radius 2 is 1.83 bits per heavy atom. The summed E-state index contributed by atoms with van der Waals surface area (Å²) in [6.07, 6.45) is -0.00640. The number of carbonyl (C=O) groups excluding carboxylic acids is 2. The molecule has 2 aromatic rings. The molecule has 0 saturated heterocycles. The summed E-state index contributed by atoms with van der Waals surface area (Å²) in [6.45, 7) is 0. The highest BCUT2D eigenvalue weighted by atomic mass is 32.1. The van der Waals surface area contributed by atoms with Crippen LogP contribution in [0.1, 0.15) is 34.0 Å². The average molecular weight is 346 g/mol. The van der Waals surface area contributed by atoms with Crippen LogP contribution < -0.4 is 10.6 Å². The predicted molar refractivity (Wildman–Crippen MR) is 92.4 cm³/mol. The molecule has 6 nitrogen and oxygen atoms in total. The SMILES string of the molecule is CNC(=O)c1ccc(NC(=O)CC(CC(=O)O)c2cccs2)cc1. The maximum Gasteiger partial charge on any atom is 0.304 e. The van der Waals surface area contributed by atoms with E-state index in [2.05, 4.69) is 10.6 Å². The molecule has 3 N–H and O–H groups in total. The molecule has 0 aliphatic heterocycles. The molecule has 0 aliphatic rings. The molecule has 0 fully saturated rings. The van der Waals surface area contributed by atoms with Crippen LogP contribution in [0.4, 0.5) is 5.69 Å². The molecule has 0 saturated carbocycles. The molecule has 7 heteroatoms. The minimum absolute atomic E-state index is 0.0873. The molecule has 0 radical (unpaired) electrons. The van der Waals surface area contributed by atoms with Crippen molar-refractivity contribution in [1.82, 2.24) is 5.32 Å². The number of carbonyl (C=O) groups is 3. The number of anilines is 1. The van der Waals surface area contributed by atoms with E-state index in [0.717, 1.165) is 4.88 Å². The van der Waals surface area contributed by atoms with Gasteiger partial charge >= 0.3 is 5.97 Å². The number of hydrogen-bond acceptors (Lipinski definition) is 4. The van der Waals surface area contributed by atoms with Crippen LogP contribution in [0.5, 0.6) is 0 Å². The van der Waals surface area contributed by atoms with Crippen LogP contribution in [0.25, 0.3) is 0 Å². The minimum Gasteiger partial charge on any atom is -0.481 e. The standard InChI is InChI=1S/C17H18N2O4S/c1-18-17(23)11-4-6-13(7-5-11)19-15(20)9-12(10-16(21)22)14-3-2-8-24-14/h2-8,12H,9-10H2,1H3,(H,18,23)(H,19,20)(H,21,22). The quantitative estimate of drug-likeness (QED) is 0.718. The molecular weight excluding hydrogens is 328 g/mol. The van der Waals surface area contributed by atoms with Crippen LogP contribution in [0, 0.1) is 0 Å². The lowest BCUT2D eigenvalue weighted by atomic mass is 9.99. The van der Waals surface area contributed by atoms with Gasteiger partial charge < -0.3 is 15.7 Å². The number of aliphatic carboxylic acids is 1. The second-order valence-corrected chi connectivity index (χ2v) is 6.20. The lowest BCUT2D eigenvalue weighted by molar-refractivity contribution is -0.137. The van der Waals surface area contributed by atoms with Crippen LogP contribution in [0.2, 0.25) is 0 Å². The van der Waals surface area contributed by atoms with Crippen LogP contribution in [0.15, 0.2) is 41.8 Å². The monoisotopic (exact) mass is 346 g/mol. The van der Waals surface area contributed by atoms with E-state index in [1.54, 1.807) is 31.3 Å². The van der Waals surface area contributed by atoms with Crippen molar-refractivity contribution in [3.05, 3.63) is 52.2 Å². The molecule has 0 spiro atoms. The first-order valence-electron chi connectivity index (χ1n) is 7.36. The van der Waals surface area contributed by atoms with Gasteiger partial charge in [0.1, 0.15) is 0 Å². The highest BCUT2D eigenvalue weighted by Gasteiger charge is 2.20. The number of carboxylic acid groups (broad SMARTS) is 1. The van der Waals surface area contributed by atoms with Crippen molar-refractivity contribution in [2.45, 2.75) is 18.8 Å². The molecule has 1 aromatic heterocycles. The number of thiophene rings is 1. The Kier molecular flexibility index (Phi) is 6.08. The molecule has 24 heavy (non-hydrogen) atoms. The fourth-order valence-electron chi connectivity index (χ4n) is 2.29. The topological polar surface area (TPSA) is 95.5 Å². The summed E-state index contributed by atoms with van der Waals surface area (Å²) in [5.74, 6) is -1.75. The zero-order valence-corrected chi connectivity index (χ0v) is 13.9. The maximum atomic E-state index is 12.2. The second-order valence-electron chi connectivity index (χ2n) is 5.22. The Labute approximate surface area is 143 Å². The minimum atomic E-state index is -0.934. The average Bonchev–Trinajstić information content (AvgIpc) is 3.08. The van der Waals surface area contributed by atoms with Crippen LogP contribution in [-0.2, 0) is 9.59 Å². The van der Waals surface area contributed by atoms with Crippen molar-refractivity contribution in [2.75, 3.05) is 12.4 Å². The van der Waals surface area contributed by atoms with E-state index in [-0.39, 0.29) is 30.6 Å². The van der Waals surface area contributed by atoms with E-state index in [0.29, 0.717) is 11.3 Å². The van der Waals surface area contributed by atoms with Crippen LogP contribution in [0.3, 0.4) is 0 Å². The fourth-order valence-corrected chi connectivity index (χ4v) is 3.12. The molecular formula is C17H18N2O4S. The second kappa shape index (κ2) is 8.26. The molecule has 1 heterocycles. The van der Waals surface area contributed by atoms with Crippen molar-refractivity contribution in [1.29, 1.82) is 0 Å². The zero-order chi connectivity index (χ0) is 17.5. The van der Waals surface area contributed by atoms with E-state index >= 15 is 0 Å². The normalized spacial score (nSPS) is 11.5. The fraction of sp³-hybridized carbons (Fsp3) is 0.235. The Morgan fingerprint density at radius 3 is 2.38 bits per heavy atom. The van der Waals surface area contributed by atoms with Crippen molar-refractivity contribution < 1.29 is 19.5 Å². The Morgan fingerprint density at radius 1 is 1.12 bits per heavy atom. The van der Waals surface area contributed by atoms with Crippen LogP contribution in [-0.4, -0.2) is 29.9 Å². The largest absolute Gasteiger partial charge is 0.481 e. The van der Waals surface area contributed by atoms with Gasteiger partial charge in [-0.3, -0.25) is 14.4 Å². The lowest BCUT2D eigenvalue weighted by Gasteiger charge is -2.13.